The lowest BCUT2D eigenvalue weighted by molar-refractivity contribution is 0.920. The molecule has 0 aromatic carbocycles. The Kier molecular flexibility index (Phi) is 4.90. The Hall–Kier alpha value is -0.620. The highest BCUT2D eigenvalue weighted by atomic mass is 32.1. The number of nitrogens with one attached hydrogen (secondary N) is 1. The molecule has 1 N–H and O–H groups in total. The van der Waals surface area contributed by atoms with E-state index in [1.54, 1.807) is 0 Å². The molecule has 0 aliphatic rings. The van der Waals surface area contributed by atoms with Crippen LogP contribution in [0.4, 0.5) is 0 Å². The minimum Gasteiger partial charge on any atom is -0.381 e. The Bertz CT molecular complexity index is 84.2. The third-order valence-electron chi connectivity index (χ3n) is 0.464. The Balaban J connectivity index is 2.72. The van der Waals surface area contributed by atoms with Crippen molar-refractivity contribution in [2.75, 3.05) is 6.54 Å². The molecule has 0 saturated carbocycles. The summed E-state index contributed by atoms with van der Waals surface area (Å²) in [7, 11) is 0. The molecule has 0 bridgehead atoms. The first kappa shape index (κ1) is 6.38. The van der Waals surface area contributed by atoms with Gasteiger partial charge in [-0.3, -0.25) is 0 Å². The van der Waals surface area contributed by atoms with E-state index >= 15 is 0 Å². The van der Waals surface area contributed by atoms with Gasteiger partial charge in [-0.1, -0.05) is 12.2 Å². The normalized spacial score (nSPS) is 6.71. The highest BCUT2D eigenvalue weighted by molar-refractivity contribution is 7.78. The molecule has 0 fully saturated rings. The summed E-state index contributed by atoms with van der Waals surface area (Å²) in [5.41, 5.74) is 1.41. The number of nitriles is 1. The van der Waals surface area contributed by atoms with Crippen LogP contribution in [0.5, 0.6) is 0 Å². The zero-order valence-electron chi connectivity index (χ0n) is 3.85. The van der Waals surface area contributed by atoms with Crippen LogP contribution in [0.1, 0.15) is 6.42 Å². The van der Waals surface area contributed by atoms with Crippen molar-refractivity contribution in [3.8, 4) is 6.07 Å². The van der Waals surface area contributed by atoms with E-state index in [9.17, 15) is 0 Å². The van der Waals surface area contributed by atoms with Crippen LogP contribution in [0.25, 0.3) is 0 Å². The third-order valence-corrected chi connectivity index (χ3v) is 0.631. The molecule has 0 aromatic rings. The number of thiocarbonyl (C=S) groups is 1. The van der Waals surface area contributed by atoms with Gasteiger partial charge in [-0.2, -0.15) is 5.26 Å². The quantitative estimate of drug-likeness (QED) is 0.427. The van der Waals surface area contributed by atoms with Gasteiger partial charge in [0.05, 0.1) is 18.0 Å². The van der Waals surface area contributed by atoms with E-state index < -0.39 is 0 Å². The lowest BCUT2D eigenvalue weighted by Crippen LogP contribution is -2.09. The Morgan fingerprint density at radius 1 is 1.86 bits per heavy atom. The summed E-state index contributed by atoms with van der Waals surface area (Å²) in [5.74, 6) is 0. The number of rotatable bonds is 3. The first-order chi connectivity index (χ1) is 3.41. The highest BCUT2D eigenvalue weighted by Crippen LogP contribution is 1.65. The van der Waals surface area contributed by atoms with E-state index in [2.05, 4.69) is 17.5 Å². The smallest absolute Gasteiger partial charge is 0.0640 e. The molecule has 0 aliphatic carbocycles. The fraction of sp³-hybridized carbons (Fsp3) is 0.500. The minimum absolute atomic E-state index is 0.521. The maximum absolute atomic E-state index is 7.95. The van der Waals surface area contributed by atoms with Gasteiger partial charge in [-0.15, -0.1) is 0 Å². The largest absolute Gasteiger partial charge is 0.381 e. The predicted molar refractivity (Wildman–Crippen MR) is 31.9 cm³/mol. The summed E-state index contributed by atoms with van der Waals surface area (Å²) in [6.07, 6.45) is 0.521. The van der Waals surface area contributed by atoms with Crippen LogP contribution < -0.4 is 5.32 Å². The van der Waals surface area contributed by atoms with Crippen molar-refractivity contribution in [2.45, 2.75) is 6.42 Å². The SMILES string of the molecule is N#CCCNC=S. The van der Waals surface area contributed by atoms with Gasteiger partial charge in [0.2, 0.25) is 0 Å². The van der Waals surface area contributed by atoms with Gasteiger partial charge >= 0.3 is 0 Å². The van der Waals surface area contributed by atoms with Crippen LogP contribution in [-0.4, -0.2) is 12.0 Å². The lowest BCUT2D eigenvalue weighted by atomic mass is 10.5. The van der Waals surface area contributed by atoms with Crippen LogP contribution in [0.2, 0.25) is 0 Å². The third kappa shape index (κ3) is 5.38. The molecular formula is C4H6N2S. The number of hydrogen-bond acceptors (Lipinski definition) is 2. The molecular weight excluding hydrogens is 108 g/mol. The summed E-state index contributed by atoms with van der Waals surface area (Å²) in [4.78, 5) is 0. The molecule has 0 atom stereocenters. The molecule has 38 valence electrons. The van der Waals surface area contributed by atoms with E-state index in [0.29, 0.717) is 13.0 Å². The molecule has 0 heterocycles. The molecule has 0 aromatic heterocycles. The molecule has 0 rings (SSSR count). The summed E-state index contributed by atoms with van der Waals surface area (Å²) < 4.78 is 0. The van der Waals surface area contributed by atoms with Gasteiger partial charge in [0, 0.05) is 6.54 Å². The highest BCUT2D eigenvalue weighted by Gasteiger charge is 1.74. The van der Waals surface area contributed by atoms with Crippen molar-refractivity contribution in [3.05, 3.63) is 0 Å². The van der Waals surface area contributed by atoms with Gasteiger partial charge in [0.25, 0.3) is 0 Å². The van der Waals surface area contributed by atoms with Gasteiger partial charge in [-0.05, 0) is 0 Å². The van der Waals surface area contributed by atoms with E-state index in [1.807, 2.05) is 6.07 Å². The minimum atomic E-state index is 0.521. The van der Waals surface area contributed by atoms with E-state index in [4.69, 9.17) is 5.26 Å². The maximum atomic E-state index is 7.95. The van der Waals surface area contributed by atoms with Crippen molar-refractivity contribution in [3.63, 3.8) is 0 Å². The Labute approximate surface area is 48.1 Å². The lowest BCUT2D eigenvalue weighted by Gasteiger charge is -1.86. The monoisotopic (exact) mass is 114 g/mol. The van der Waals surface area contributed by atoms with Crippen LogP contribution >= 0.6 is 12.2 Å². The second-order valence-corrected chi connectivity index (χ2v) is 1.22. The molecule has 0 spiro atoms. The van der Waals surface area contributed by atoms with Crippen molar-refractivity contribution in [1.29, 1.82) is 5.26 Å². The first-order valence-corrected chi connectivity index (χ1v) is 2.43. The maximum Gasteiger partial charge on any atom is 0.0640 e. The van der Waals surface area contributed by atoms with Crippen LogP contribution in [-0.2, 0) is 0 Å². The van der Waals surface area contributed by atoms with Gasteiger partial charge in [-0.25, -0.2) is 0 Å². The number of nitrogens with zero attached hydrogens (tertiary/aromatic N) is 1. The van der Waals surface area contributed by atoms with Gasteiger partial charge in [0.15, 0.2) is 0 Å². The molecule has 0 radical (unpaired) electrons. The standard InChI is InChI=1S/C4H6N2S/c5-2-1-3-6-4-7/h4H,1,3H2,(H,6,7). The average Bonchev–Trinajstić information content (AvgIpc) is 1.69. The van der Waals surface area contributed by atoms with Crippen molar-refractivity contribution < 1.29 is 0 Å². The second kappa shape index (κ2) is 5.38. The molecule has 3 heteroatoms. The zero-order valence-corrected chi connectivity index (χ0v) is 4.66. The topological polar surface area (TPSA) is 35.8 Å². The molecule has 0 aliphatic heterocycles. The molecule has 2 nitrogen and oxygen atoms in total. The van der Waals surface area contributed by atoms with E-state index in [1.165, 1.54) is 5.49 Å². The van der Waals surface area contributed by atoms with E-state index in [-0.39, 0.29) is 0 Å². The second-order valence-electron chi connectivity index (χ2n) is 0.980. The van der Waals surface area contributed by atoms with Crippen LogP contribution in [0, 0.1) is 11.3 Å². The summed E-state index contributed by atoms with van der Waals surface area (Å²) in [5, 5.41) is 10.7. The predicted octanol–water partition coefficient (Wildman–Crippen LogP) is 0.447. The Morgan fingerprint density at radius 2 is 2.57 bits per heavy atom. The molecule has 0 unspecified atom stereocenters. The Morgan fingerprint density at radius 3 is 3.00 bits per heavy atom. The van der Waals surface area contributed by atoms with Crippen molar-refractivity contribution in [2.24, 2.45) is 0 Å². The zero-order chi connectivity index (χ0) is 5.54. The van der Waals surface area contributed by atoms with Crippen molar-refractivity contribution in [1.82, 2.24) is 5.32 Å². The van der Waals surface area contributed by atoms with E-state index in [0.717, 1.165) is 0 Å². The van der Waals surface area contributed by atoms with Gasteiger partial charge in [0.1, 0.15) is 0 Å². The summed E-state index contributed by atoms with van der Waals surface area (Å²) in [6.45, 7) is 0.667. The van der Waals surface area contributed by atoms with Crippen LogP contribution in [0.15, 0.2) is 0 Å². The fourth-order valence-corrected chi connectivity index (χ4v) is 0.305. The molecule has 0 saturated heterocycles. The molecule has 7 heavy (non-hydrogen) atoms. The van der Waals surface area contributed by atoms with Crippen molar-refractivity contribution >= 4 is 17.7 Å². The van der Waals surface area contributed by atoms with Gasteiger partial charge < -0.3 is 5.32 Å². The fourth-order valence-electron chi connectivity index (χ4n) is 0.187. The molecule has 0 amide bonds. The summed E-state index contributed by atoms with van der Waals surface area (Å²) >= 11 is 4.42. The first-order valence-electron chi connectivity index (χ1n) is 1.96. The number of hydrogen-bond donors (Lipinski definition) is 1. The van der Waals surface area contributed by atoms with Crippen LogP contribution in [0.3, 0.4) is 0 Å². The average molecular weight is 114 g/mol. The summed E-state index contributed by atoms with van der Waals surface area (Å²) in [6, 6.07) is 1.97.